The van der Waals surface area contributed by atoms with Gasteiger partial charge in [-0.1, -0.05) is 12.1 Å². The number of benzene rings is 1. The molecule has 0 bridgehead atoms. The quantitative estimate of drug-likeness (QED) is 0.765. The molecule has 1 aliphatic heterocycles. The summed E-state index contributed by atoms with van der Waals surface area (Å²) >= 11 is 0. The Bertz CT molecular complexity index is 996. The minimum absolute atomic E-state index is 0.185. The fourth-order valence-electron chi connectivity index (χ4n) is 3.44. The van der Waals surface area contributed by atoms with Gasteiger partial charge in [-0.3, -0.25) is 9.59 Å². The number of amides is 1. The molecule has 7 nitrogen and oxygen atoms in total. The molecule has 1 amide bonds. The van der Waals surface area contributed by atoms with Crippen LogP contribution in [0.2, 0.25) is 0 Å². The second-order valence-corrected chi connectivity index (χ2v) is 6.72. The van der Waals surface area contributed by atoms with Gasteiger partial charge in [-0.05, 0) is 44.4 Å². The predicted octanol–water partition coefficient (Wildman–Crippen LogP) is 2.55. The Balaban J connectivity index is 1.51. The van der Waals surface area contributed by atoms with Gasteiger partial charge in [0.1, 0.15) is 11.1 Å². The lowest BCUT2D eigenvalue weighted by atomic mass is 9.96. The lowest BCUT2D eigenvalue weighted by Gasteiger charge is -2.30. The maximum atomic E-state index is 12.8. The minimum Gasteiger partial charge on any atom is -0.440 e. The number of carbonyl (C=O) groups is 1. The molecule has 134 valence electrons. The topological polar surface area (TPSA) is 92.1 Å². The number of nitrogens with one attached hydrogen (secondary N) is 1. The molecule has 1 N–H and O–H groups in total. The van der Waals surface area contributed by atoms with Crippen LogP contribution in [-0.2, 0) is 0 Å². The molecule has 2 aromatic heterocycles. The predicted molar refractivity (Wildman–Crippen MR) is 96.2 cm³/mol. The third-order valence-corrected chi connectivity index (χ3v) is 5.13. The van der Waals surface area contributed by atoms with Crippen LogP contribution < -0.4 is 5.56 Å². The molecule has 3 aromatic rings. The van der Waals surface area contributed by atoms with Gasteiger partial charge in [-0.2, -0.15) is 5.10 Å². The van der Waals surface area contributed by atoms with Crippen LogP contribution in [0.4, 0.5) is 0 Å². The molecule has 0 unspecified atom stereocenters. The zero-order chi connectivity index (χ0) is 18.3. The van der Waals surface area contributed by atoms with Gasteiger partial charge in [-0.25, -0.2) is 10.1 Å². The molecule has 1 aromatic carbocycles. The first-order valence-corrected chi connectivity index (χ1v) is 8.75. The third-order valence-electron chi connectivity index (χ3n) is 5.13. The Morgan fingerprint density at radius 3 is 2.69 bits per heavy atom. The minimum atomic E-state index is -0.431. The van der Waals surface area contributed by atoms with Crippen molar-refractivity contribution in [3.63, 3.8) is 0 Å². The highest BCUT2D eigenvalue weighted by molar-refractivity contribution is 5.95. The largest absolute Gasteiger partial charge is 0.440 e. The van der Waals surface area contributed by atoms with Crippen molar-refractivity contribution < 1.29 is 9.21 Å². The first kappa shape index (κ1) is 16.5. The average molecular weight is 352 g/mol. The van der Waals surface area contributed by atoms with Gasteiger partial charge >= 0.3 is 0 Å². The van der Waals surface area contributed by atoms with Gasteiger partial charge in [0.15, 0.2) is 11.5 Å². The summed E-state index contributed by atoms with van der Waals surface area (Å²) in [6, 6.07) is 7.70. The van der Waals surface area contributed by atoms with Gasteiger partial charge in [-0.15, -0.1) is 0 Å². The molecular formula is C19H20N4O3. The van der Waals surface area contributed by atoms with Crippen molar-refractivity contribution in [3.8, 4) is 0 Å². The maximum absolute atomic E-state index is 12.8. The molecule has 1 aliphatic rings. The number of likely N-dealkylation sites (tertiary alicyclic amines) is 1. The van der Waals surface area contributed by atoms with E-state index in [1.54, 1.807) is 18.7 Å². The highest BCUT2D eigenvalue weighted by Crippen LogP contribution is 2.30. The molecule has 1 saturated heterocycles. The smallest absolute Gasteiger partial charge is 0.277 e. The van der Waals surface area contributed by atoms with Crippen LogP contribution in [0.3, 0.4) is 0 Å². The summed E-state index contributed by atoms with van der Waals surface area (Å²) in [6.45, 7) is 4.68. The molecule has 0 spiro atoms. The second kappa shape index (κ2) is 6.40. The number of H-pyrrole nitrogens is 1. The van der Waals surface area contributed by atoms with E-state index in [-0.39, 0.29) is 17.4 Å². The molecule has 7 heteroatoms. The molecule has 0 radical (unpaired) electrons. The van der Waals surface area contributed by atoms with Crippen molar-refractivity contribution in [1.82, 2.24) is 20.1 Å². The number of oxazole rings is 1. The molecule has 1 fully saturated rings. The standard InChI is InChI=1S/C19H20N4O3/c1-11-12(2)21-22-17(24)16(11)19(25)23-9-7-13(8-10-23)18-20-14-5-3-4-6-15(14)26-18/h3-6,13H,7-10H2,1-2H3,(H,22,24). The van der Waals surface area contributed by atoms with Crippen molar-refractivity contribution in [1.29, 1.82) is 0 Å². The summed E-state index contributed by atoms with van der Waals surface area (Å²) in [4.78, 5) is 31.2. The van der Waals surface area contributed by atoms with Crippen LogP contribution in [0.15, 0.2) is 33.5 Å². The number of piperidine rings is 1. The zero-order valence-corrected chi connectivity index (χ0v) is 14.8. The van der Waals surface area contributed by atoms with E-state index in [0.717, 1.165) is 29.8 Å². The number of carbonyl (C=O) groups excluding carboxylic acids is 1. The summed E-state index contributed by atoms with van der Waals surface area (Å²) in [5.41, 5.74) is 2.71. The lowest BCUT2D eigenvalue weighted by molar-refractivity contribution is 0.0703. The van der Waals surface area contributed by atoms with Crippen molar-refractivity contribution in [2.45, 2.75) is 32.6 Å². The second-order valence-electron chi connectivity index (χ2n) is 6.72. The molecule has 4 rings (SSSR count). The number of aromatic nitrogens is 3. The van der Waals surface area contributed by atoms with Crippen LogP contribution in [0.5, 0.6) is 0 Å². The van der Waals surface area contributed by atoms with E-state index in [9.17, 15) is 9.59 Å². The number of fused-ring (bicyclic) bond motifs is 1. The van der Waals surface area contributed by atoms with E-state index in [2.05, 4.69) is 15.2 Å². The van der Waals surface area contributed by atoms with Crippen LogP contribution in [0, 0.1) is 13.8 Å². The fraction of sp³-hybridized carbons (Fsp3) is 0.368. The van der Waals surface area contributed by atoms with Crippen LogP contribution in [0.25, 0.3) is 11.1 Å². The first-order chi connectivity index (χ1) is 12.5. The summed E-state index contributed by atoms with van der Waals surface area (Å²) in [6.07, 6.45) is 1.53. The van der Waals surface area contributed by atoms with E-state index >= 15 is 0 Å². The lowest BCUT2D eigenvalue weighted by Crippen LogP contribution is -2.41. The summed E-state index contributed by atoms with van der Waals surface area (Å²) in [7, 11) is 0. The van der Waals surface area contributed by atoms with Crippen molar-refractivity contribution >= 4 is 17.0 Å². The highest BCUT2D eigenvalue weighted by Gasteiger charge is 2.29. The van der Waals surface area contributed by atoms with Crippen molar-refractivity contribution in [2.75, 3.05) is 13.1 Å². The highest BCUT2D eigenvalue weighted by atomic mass is 16.3. The van der Waals surface area contributed by atoms with Gasteiger partial charge in [0.2, 0.25) is 0 Å². The first-order valence-electron chi connectivity index (χ1n) is 8.75. The molecule has 0 atom stereocenters. The van der Waals surface area contributed by atoms with E-state index < -0.39 is 5.56 Å². The van der Waals surface area contributed by atoms with Crippen LogP contribution >= 0.6 is 0 Å². The Morgan fingerprint density at radius 2 is 1.96 bits per heavy atom. The monoisotopic (exact) mass is 352 g/mol. The number of aromatic amines is 1. The Hall–Kier alpha value is -2.96. The maximum Gasteiger partial charge on any atom is 0.277 e. The van der Waals surface area contributed by atoms with Crippen molar-refractivity contribution in [2.24, 2.45) is 0 Å². The third kappa shape index (κ3) is 2.79. The summed E-state index contributed by atoms with van der Waals surface area (Å²) < 4.78 is 5.86. The number of hydrogen-bond donors (Lipinski definition) is 1. The number of hydrogen-bond acceptors (Lipinski definition) is 5. The fourth-order valence-corrected chi connectivity index (χ4v) is 3.44. The Morgan fingerprint density at radius 1 is 1.23 bits per heavy atom. The zero-order valence-electron chi connectivity index (χ0n) is 14.8. The number of para-hydroxylation sites is 2. The Labute approximate surface area is 150 Å². The van der Waals surface area contributed by atoms with Gasteiger partial charge in [0.05, 0.1) is 5.69 Å². The van der Waals surface area contributed by atoms with Gasteiger partial charge < -0.3 is 9.32 Å². The summed E-state index contributed by atoms with van der Waals surface area (Å²) in [5.74, 6) is 0.683. The summed E-state index contributed by atoms with van der Waals surface area (Å²) in [5, 5.41) is 6.31. The molecule has 3 heterocycles. The van der Waals surface area contributed by atoms with E-state index in [1.807, 2.05) is 24.3 Å². The normalized spacial score (nSPS) is 15.5. The molecule has 0 saturated carbocycles. The van der Waals surface area contributed by atoms with Gasteiger partial charge in [0.25, 0.3) is 11.5 Å². The molecule has 0 aliphatic carbocycles. The molecular weight excluding hydrogens is 332 g/mol. The number of aryl methyl sites for hydroxylation is 1. The van der Waals surface area contributed by atoms with Gasteiger partial charge in [0, 0.05) is 19.0 Å². The van der Waals surface area contributed by atoms with E-state index in [4.69, 9.17) is 4.42 Å². The number of nitrogens with zero attached hydrogens (tertiary/aromatic N) is 3. The Kier molecular flexibility index (Phi) is 4.06. The SMILES string of the molecule is Cc1n[nH]c(=O)c(C(=O)N2CCC(c3nc4ccccc4o3)CC2)c1C. The van der Waals surface area contributed by atoms with E-state index in [0.29, 0.717) is 24.3 Å². The average Bonchev–Trinajstić information content (AvgIpc) is 3.09. The van der Waals surface area contributed by atoms with E-state index in [1.165, 1.54) is 0 Å². The molecule has 26 heavy (non-hydrogen) atoms. The number of rotatable bonds is 2. The van der Waals surface area contributed by atoms with Crippen LogP contribution in [-0.4, -0.2) is 39.1 Å². The van der Waals surface area contributed by atoms with Crippen molar-refractivity contribution in [3.05, 3.63) is 57.3 Å². The van der Waals surface area contributed by atoms with Crippen LogP contribution in [0.1, 0.15) is 46.3 Å².